The van der Waals surface area contributed by atoms with Crippen molar-refractivity contribution in [2.75, 3.05) is 6.54 Å². The highest BCUT2D eigenvalue weighted by molar-refractivity contribution is 5.94. The minimum absolute atomic E-state index is 0.0468. The van der Waals surface area contributed by atoms with Crippen molar-refractivity contribution in [3.05, 3.63) is 35.4 Å². The van der Waals surface area contributed by atoms with Gasteiger partial charge in [0.2, 0.25) is 0 Å². The van der Waals surface area contributed by atoms with Gasteiger partial charge < -0.3 is 10.0 Å². The summed E-state index contributed by atoms with van der Waals surface area (Å²) in [5, 5.41) is 8.78. The number of rotatable bonds is 4. The number of aryl methyl sites for hydroxylation is 1. The maximum absolute atomic E-state index is 12.4. The van der Waals surface area contributed by atoms with E-state index in [0.717, 1.165) is 5.56 Å². The Morgan fingerprint density at radius 3 is 2.11 bits per heavy atom. The van der Waals surface area contributed by atoms with Crippen molar-refractivity contribution in [1.29, 1.82) is 0 Å². The molecule has 0 spiro atoms. The van der Waals surface area contributed by atoms with Crippen LogP contribution in [0.15, 0.2) is 24.3 Å². The van der Waals surface area contributed by atoms with Gasteiger partial charge in [-0.1, -0.05) is 17.7 Å². The first kappa shape index (κ1) is 15.2. The molecule has 0 saturated carbocycles. The molecular weight excluding hydrogens is 242 g/mol. The molecule has 0 radical (unpaired) electrons. The summed E-state index contributed by atoms with van der Waals surface area (Å²) in [6.45, 7) is 7.88. The molecule has 1 N–H and O–H groups in total. The van der Waals surface area contributed by atoms with Crippen LogP contribution in [0.5, 0.6) is 0 Å². The molecule has 0 fully saturated rings. The van der Waals surface area contributed by atoms with Gasteiger partial charge in [-0.2, -0.15) is 0 Å². The number of hydrogen-bond acceptors (Lipinski definition) is 2. The summed E-state index contributed by atoms with van der Waals surface area (Å²) in [7, 11) is 0. The van der Waals surface area contributed by atoms with E-state index in [-0.39, 0.29) is 18.9 Å². The Bertz CT molecular complexity index is 457. The molecule has 0 saturated heterocycles. The van der Waals surface area contributed by atoms with Gasteiger partial charge in [0.15, 0.2) is 0 Å². The predicted molar refractivity (Wildman–Crippen MR) is 74.2 cm³/mol. The van der Waals surface area contributed by atoms with Crippen LogP contribution in [0.1, 0.15) is 43.1 Å². The number of carbonyl (C=O) groups is 2. The molecule has 1 rings (SSSR count). The van der Waals surface area contributed by atoms with Crippen LogP contribution in [0, 0.1) is 6.92 Å². The Kier molecular flexibility index (Phi) is 4.70. The van der Waals surface area contributed by atoms with Gasteiger partial charge in [-0.15, -0.1) is 0 Å². The highest BCUT2D eigenvalue weighted by atomic mass is 16.4. The van der Waals surface area contributed by atoms with Crippen LogP contribution < -0.4 is 0 Å². The first-order chi connectivity index (χ1) is 8.71. The molecule has 0 atom stereocenters. The SMILES string of the molecule is Cc1ccc(C(=O)N(CCC(=O)O)C(C)(C)C)cc1. The normalized spacial score (nSPS) is 11.2. The third-order valence-corrected chi connectivity index (χ3v) is 2.90. The quantitative estimate of drug-likeness (QED) is 0.908. The maximum Gasteiger partial charge on any atom is 0.305 e. The average molecular weight is 263 g/mol. The second-order valence-electron chi connectivity index (χ2n) is 5.64. The standard InChI is InChI=1S/C15H21NO3/c1-11-5-7-12(8-6-11)14(19)16(15(2,3)4)10-9-13(17)18/h5-8H,9-10H2,1-4H3,(H,17,18). The number of benzene rings is 1. The first-order valence-electron chi connectivity index (χ1n) is 6.32. The van der Waals surface area contributed by atoms with Gasteiger partial charge in [0.25, 0.3) is 5.91 Å². The van der Waals surface area contributed by atoms with Crippen molar-refractivity contribution >= 4 is 11.9 Å². The predicted octanol–water partition coefficient (Wildman–Crippen LogP) is 2.71. The number of amides is 1. The minimum Gasteiger partial charge on any atom is -0.481 e. The Labute approximate surface area is 114 Å². The van der Waals surface area contributed by atoms with E-state index in [1.807, 2.05) is 39.8 Å². The maximum atomic E-state index is 12.4. The third kappa shape index (κ3) is 4.39. The molecule has 0 aliphatic heterocycles. The van der Waals surface area contributed by atoms with Crippen LogP contribution in [0.4, 0.5) is 0 Å². The summed E-state index contributed by atoms with van der Waals surface area (Å²) in [5.41, 5.74) is 1.27. The van der Waals surface area contributed by atoms with E-state index in [1.54, 1.807) is 17.0 Å². The largest absolute Gasteiger partial charge is 0.481 e. The molecule has 0 unspecified atom stereocenters. The first-order valence-corrected chi connectivity index (χ1v) is 6.32. The highest BCUT2D eigenvalue weighted by Crippen LogP contribution is 2.18. The Morgan fingerprint density at radius 1 is 1.16 bits per heavy atom. The molecular formula is C15H21NO3. The summed E-state index contributed by atoms with van der Waals surface area (Å²) < 4.78 is 0. The monoisotopic (exact) mass is 263 g/mol. The van der Waals surface area contributed by atoms with Gasteiger partial charge in [-0.3, -0.25) is 9.59 Å². The van der Waals surface area contributed by atoms with Crippen molar-refractivity contribution in [3.8, 4) is 0 Å². The van der Waals surface area contributed by atoms with Crippen LogP contribution >= 0.6 is 0 Å². The van der Waals surface area contributed by atoms with E-state index in [9.17, 15) is 9.59 Å². The fraction of sp³-hybridized carbons (Fsp3) is 0.467. The smallest absolute Gasteiger partial charge is 0.305 e. The van der Waals surface area contributed by atoms with Crippen molar-refractivity contribution < 1.29 is 14.7 Å². The van der Waals surface area contributed by atoms with Crippen LogP contribution in [0.2, 0.25) is 0 Å². The molecule has 19 heavy (non-hydrogen) atoms. The van der Waals surface area contributed by atoms with Crippen LogP contribution in [-0.4, -0.2) is 34.0 Å². The van der Waals surface area contributed by atoms with Crippen LogP contribution in [0.3, 0.4) is 0 Å². The Balaban J connectivity index is 2.94. The molecule has 1 amide bonds. The van der Waals surface area contributed by atoms with E-state index >= 15 is 0 Å². The van der Waals surface area contributed by atoms with Crippen molar-refractivity contribution in [2.24, 2.45) is 0 Å². The van der Waals surface area contributed by atoms with Gasteiger partial charge in [0.05, 0.1) is 6.42 Å². The zero-order valence-corrected chi connectivity index (χ0v) is 11.9. The molecule has 104 valence electrons. The van der Waals surface area contributed by atoms with Gasteiger partial charge in [-0.25, -0.2) is 0 Å². The zero-order chi connectivity index (χ0) is 14.6. The number of carboxylic acid groups (broad SMARTS) is 1. The summed E-state index contributed by atoms with van der Waals surface area (Å²) in [6, 6.07) is 7.31. The highest BCUT2D eigenvalue weighted by Gasteiger charge is 2.27. The van der Waals surface area contributed by atoms with E-state index in [2.05, 4.69) is 0 Å². The molecule has 1 aromatic rings. The molecule has 0 bridgehead atoms. The number of carbonyl (C=O) groups excluding carboxylic acids is 1. The van der Waals surface area contributed by atoms with Crippen molar-refractivity contribution in [2.45, 2.75) is 39.7 Å². The van der Waals surface area contributed by atoms with Gasteiger partial charge in [0, 0.05) is 17.6 Å². The Hall–Kier alpha value is -1.84. The number of nitrogens with zero attached hydrogens (tertiary/aromatic N) is 1. The fourth-order valence-corrected chi connectivity index (χ4v) is 1.80. The van der Waals surface area contributed by atoms with Crippen molar-refractivity contribution in [3.63, 3.8) is 0 Å². The van der Waals surface area contributed by atoms with Crippen molar-refractivity contribution in [1.82, 2.24) is 4.90 Å². The molecule has 1 aromatic carbocycles. The van der Waals surface area contributed by atoms with Gasteiger partial charge >= 0.3 is 5.97 Å². The van der Waals surface area contributed by atoms with E-state index in [0.29, 0.717) is 5.56 Å². The lowest BCUT2D eigenvalue weighted by Gasteiger charge is -2.35. The summed E-state index contributed by atoms with van der Waals surface area (Å²) in [6.07, 6.45) is -0.0468. The molecule has 0 aromatic heterocycles. The van der Waals surface area contributed by atoms with Gasteiger partial charge in [-0.05, 0) is 39.8 Å². The number of hydrogen-bond donors (Lipinski definition) is 1. The van der Waals surface area contributed by atoms with Crippen LogP contribution in [0.25, 0.3) is 0 Å². The van der Waals surface area contributed by atoms with E-state index < -0.39 is 11.5 Å². The Morgan fingerprint density at radius 2 is 1.68 bits per heavy atom. The lowest BCUT2D eigenvalue weighted by atomic mass is 10.0. The lowest BCUT2D eigenvalue weighted by molar-refractivity contribution is -0.137. The molecule has 0 aliphatic rings. The summed E-state index contributed by atoms with van der Waals surface area (Å²) in [4.78, 5) is 24.7. The van der Waals surface area contributed by atoms with E-state index in [1.165, 1.54) is 0 Å². The van der Waals surface area contributed by atoms with Crippen LogP contribution in [-0.2, 0) is 4.79 Å². The van der Waals surface area contributed by atoms with E-state index in [4.69, 9.17) is 5.11 Å². The topological polar surface area (TPSA) is 57.6 Å². The molecule has 0 aliphatic carbocycles. The summed E-state index contributed by atoms with van der Waals surface area (Å²) >= 11 is 0. The summed E-state index contributed by atoms with van der Waals surface area (Å²) in [5.74, 6) is -1.03. The van der Waals surface area contributed by atoms with Gasteiger partial charge in [0.1, 0.15) is 0 Å². The number of carboxylic acids is 1. The lowest BCUT2D eigenvalue weighted by Crippen LogP contribution is -2.46. The molecule has 4 heteroatoms. The molecule has 0 heterocycles. The fourth-order valence-electron chi connectivity index (χ4n) is 1.80. The second kappa shape index (κ2) is 5.87. The minimum atomic E-state index is -0.897. The second-order valence-corrected chi connectivity index (χ2v) is 5.64. The average Bonchev–Trinajstić information content (AvgIpc) is 2.27. The third-order valence-electron chi connectivity index (χ3n) is 2.90. The number of aliphatic carboxylic acids is 1. The zero-order valence-electron chi connectivity index (χ0n) is 11.9. The molecule has 4 nitrogen and oxygen atoms in total.